The molecular formula is C26H27NO7S. The molecule has 0 aliphatic carbocycles. The van der Waals surface area contributed by atoms with Crippen LogP contribution in [0.4, 0.5) is 0 Å². The molecule has 0 spiro atoms. The number of carbonyl (C=O) groups excluding carboxylic acids is 1. The molecule has 4 rings (SSSR count). The molecule has 1 N–H and O–H groups in total. The van der Waals surface area contributed by atoms with E-state index in [-0.39, 0.29) is 18.8 Å². The Morgan fingerprint density at radius 2 is 1.29 bits per heavy atom. The summed E-state index contributed by atoms with van der Waals surface area (Å²) in [5.41, 5.74) is 1.29. The Morgan fingerprint density at radius 3 is 1.69 bits per heavy atom. The fraction of sp³-hybridized carbons (Fsp3) is 0.269. The van der Waals surface area contributed by atoms with Gasteiger partial charge in [-0.1, -0.05) is 60.7 Å². The summed E-state index contributed by atoms with van der Waals surface area (Å²) in [5, 5.41) is 2.82. The summed E-state index contributed by atoms with van der Waals surface area (Å²) in [6.45, 7) is 5.81. The highest BCUT2D eigenvalue weighted by atomic mass is 32.3. The van der Waals surface area contributed by atoms with Crippen molar-refractivity contribution in [3.8, 4) is 11.5 Å². The lowest BCUT2D eigenvalue weighted by atomic mass is 10.0. The average Bonchev–Trinajstić information content (AvgIpc) is 2.80. The number of Topliss-reactive ketones (excluding diaryl/α,β-unsaturated/α-hetero) is 1. The predicted molar refractivity (Wildman–Crippen MR) is 129 cm³/mol. The molecule has 3 aromatic rings. The van der Waals surface area contributed by atoms with Gasteiger partial charge in [0, 0.05) is 17.2 Å². The number of hydrogen-bond donors (Lipinski definition) is 1. The molecule has 35 heavy (non-hydrogen) atoms. The first-order chi connectivity index (χ1) is 16.5. The molecule has 1 heterocycles. The molecule has 0 bridgehead atoms. The fourth-order valence-corrected chi connectivity index (χ4v) is 4.32. The van der Waals surface area contributed by atoms with Gasteiger partial charge in [0.15, 0.2) is 0 Å². The molecule has 0 radical (unpaired) electrons. The third-order valence-corrected chi connectivity index (χ3v) is 5.79. The third kappa shape index (κ3) is 6.46. The van der Waals surface area contributed by atoms with Crippen LogP contribution in [0.25, 0.3) is 0 Å². The lowest BCUT2D eigenvalue weighted by Gasteiger charge is -2.42. The van der Waals surface area contributed by atoms with E-state index in [4.69, 9.17) is 17.8 Å². The Hall–Kier alpha value is -3.24. The van der Waals surface area contributed by atoms with E-state index in [1.54, 1.807) is 26.8 Å². The average molecular weight is 498 g/mol. The van der Waals surface area contributed by atoms with Crippen molar-refractivity contribution in [2.45, 2.75) is 45.4 Å². The van der Waals surface area contributed by atoms with Gasteiger partial charge in [0.25, 0.3) is 0 Å². The first-order valence-corrected chi connectivity index (χ1v) is 12.4. The van der Waals surface area contributed by atoms with E-state index < -0.39 is 27.6 Å². The van der Waals surface area contributed by atoms with E-state index in [2.05, 4.69) is 5.32 Å². The highest BCUT2D eigenvalue weighted by molar-refractivity contribution is 7.83. The van der Waals surface area contributed by atoms with E-state index in [0.717, 1.165) is 11.1 Å². The number of nitrogens with one attached hydrogen (secondary N) is 1. The van der Waals surface area contributed by atoms with Crippen LogP contribution in [0, 0.1) is 0 Å². The lowest BCUT2D eigenvalue weighted by molar-refractivity contribution is -0.181. The van der Waals surface area contributed by atoms with Crippen molar-refractivity contribution in [2.75, 3.05) is 0 Å². The van der Waals surface area contributed by atoms with Crippen LogP contribution in [0.15, 0.2) is 78.9 Å². The van der Waals surface area contributed by atoms with Crippen LogP contribution in [0.2, 0.25) is 0 Å². The van der Waals surface area contributed by atoms with E-state index >= 15 is 0 Å². The molecule has 184 valence electrons. The maximum atomic E-state index is 13.5. The van der Waals surface area contributed by atoms with E-state index in [0.29, 0.717) is 11.5 Å². The zero-order chi connectivity index (χ0) is 25.1. The van der Waals surface area contributed by atoms with Gasteiger partial charge >= 0.3 is 16.3 Å². The summed E-state index contributed by atoms with van der Waals surface area (Å²) < 4.78 is 45.1. The van der Waals surface area contributed by atoms with Gasteiger partial charge in [-0.3, -0.25) is 10.1 Å². The Morgan fingerprint density at radius 1 is 0.829 bits per heavy atom. The molecule has 0 aromatic heterocycles. The van der Waals surface area contributed by atoms with E-state index in [1.165, 1.54) is 12.1 Å². The van der Waals surface area contributed by atoms with Crippen molar-refractivity contribution >= 4 is 16.2 Å². The van der Waals surface area contributed by atoms with Crippen LogP contribution in [0.1, 0.15) is 42.3 Å². The topological polar surface area (TPSA) is 100 Å². The SMILES string of the molecule is CC(C)(C)NC1(C(=O)c2cc(OCc3ccccc3)cc(OCc3ccccc3)c2)OS(=O)(=O)O1. The molecule has 1 saturated heterocycles. The zero-order valence-corrected chi connectivity index (χ0v) is 20.5. The number of ketones is 1. The predicted octanol–water partition coefficient (Wildman–Crippen LogP) is 4.36. The molecule has 1 fully saturated rings. The molecule has 8 nitrogen and oxygen atoms in total. The molecular weight excluding hydrogens is 470 g/mol. The van der Waals surface area contributed by atoms with Gasteiger partial charge in [-0.2, -0.15) is 16.8 Å². The van der Waals surface area contributed by atoms with Crippen LogP contribution in [-0.2, 0) is 32.0 Å². The monoisotopic (exact) mass is 497 g/mol. The second-order valence-electron chi connectivity index (χ2n) is 9.14. The minimum absolute atomic E-state index is 0.102. The largest absolute Gasteiger partial charge is 0.489 e. The van der Waals surface area contributed by atoms with Gasteiger partial charge in [0.2, 0.25) is 5.78 Å². The minimum Gasteiger partial charge on any atom is -0.489 e. The second-order valence-corrected chi connectivity index (χ2v) is 10.3. The smallest absolute Gasteiger partial charge is 0.408 e. The molecule has 0 amide bonds. The molecule has 0 atom stereocenters. The maximum absolute atomic E-state index is 13.5. The number of carbonyl (C=O) groups is 1. The quantitative estimate of drug-likeness (QED) is 0.435. The van der Waals surface area contributed by atoms with Gasteiger partial charge in [0.1, 0.15) is 24.7 Å². The van der Waals surface area contributed by atoms with Crippen molar-refractivity contribution in [1.82, 2.24) is 5.32 Å². The fourth-order valence-electron chi connectivity index (χ4n) is 3.50. The molecule has 9 heteroatoms. The molecule has 1 aliphatic rings. The summed E-state index contributed by atoms with van der Waals surface area (Å²) in [5.74, 6) is -2.16. The number of rotatable bonds is 9. The number of hydrogen-bond acceptors (Lipinski definition) is 8. The van der Waals surface area contributed by atoms with Crippen LogP contribution < -0.4 is 14.8 Å². The van der Waals surface area contributed by atoms with Crippen LogP contribution in [0.3, 0.4) is 0 Å². The standard InChI is InChI=1S/C26H27NO7S/c1-25(2,3)27-26(33-35(29,30)34-26)24(28)21-14-22(31-17-19-10-6-4-7-11-19)16-23(15-21)32-18-20-12-8-5-9-13-20/h4-16,27H,17-18H2,1-3H3. The van der Waals surface area contributed by atoms with Gasteiger partial charge in [-0.05, 0) is 44.0 Å². The summed E-state index contributed by atoms with van der Waals surface area (Å²) in [7, 11) is -4.27. The van der Waals surface area contributed by atoms with Crippen LogP contribution >= 0.6 is 0 Å². The highest BCUT2D eigenvalue weighted by Crippen LogP contribution is 2.36. The highest BCUT2D eigenvalue weighted by Gasteiger charge is 2.60. The van der Waals surface area contributed by atoms with E-state index in [9.17, 15) is 13.2 Å². The van der Waals surface area contributed by atoms with Crippen molar-refractivity contribution in [2.24, 2.45) is 0 Å². The second kappa shape index (κ2) is 9.79. The Kier molecular flexibility index (Phi) is 6.95. The lowest BCUT2D eigenvalue weighted by Crippen LogP contribution is -2.69. The minimum atomic E-state index is -4.27. The van der Waals surface area contributed by atoms with Gasteiger partial charge in [-0.25, -0.2) is 0 Å². The number of benzene rings is 3. The Balaban J connectivity index is 1.63. The summed E-state index contributed by atoms with van der Waals surface area (Å²) in [6.07, 6.45) is 0. The first kappa shape index (κ1) is 24.9. The molecule has 0 unspecified atom stereocenters. The van der Waals surface area contributed by atoms with Gasteiger partial charge in [0.05, 0.1) is 0 Å². The van der Waals surface area contributed by atoms with Crippen molar-refractivity contribution in [3.63, 3.8) is 0 Å². The van der Waals surface area contributed by atoms with Crippen LogP contribution in [-0.4, -0.2) is 25.7 Å². The first-order valence-electron chi connectivity index (χ1n) is 11.0. The third-order valence-electron chi connectivity index (χ3n) is 4.92. The normalized spacial score (nSPS) is 16.2. The molecule has 0 saturated carbocycles. The maximum Gasteiger partial charge on any atom is 0.408 e. The van der Waals surface area contributed by atoms with Gasteiger partial charge in [-0.15, -0.1) is 0 Å². The summed E-state index contributed by atoms with van der Waals surface area (Å²) in [6, 6.07) is 23.8. The van der Waals surface area contributed by atoms with Crippen LogP contribution in [0.5, 0.6) is 11.5 Å². The van der Waals surface area contributed by atoms with Crippen molar-refractivity contribution in [3.05, 3.63) is 95.6 Å². The molecule has 1 aliphatic heterocycles. The number of ether oxygens (including phenoxy) is 2. The van der Waals surface area contributed by atoms with E-state index in [1.807, 2.05) is 60.7 Å². The summed E-state index contributed by atoms with van der Waals surface area (Å²) >= 11 is 0. The zero-order valence-electron chi connectivity index (χ0n) is 19.7. The molecule has 3 aromatic carbocycles. The van der Waals surface area contributed by atoms with Crippen molar-refractivity contribution < 1.29 is 31.1 Å². The van der Waals surface area contributed by atoms with Gasteiger partial charge < -0.3 is 9.47 Å². The summed E-state index contributed by atoms with van der Waals surface area (Å²) in [4.78, 5) is 13.5. The van der Waals surface area contributed by atoms with Crippen molar-refractivity contribution in [1.29, 1.82) is 0 Å². The Labute approximate surface area is 205 Å². The Bertz CT molecular complexity index is 1210.